The van der Waals surface area contributed by atoms with E-state index in [-0.39, 0.29) is 17.9 Å². The molecule has 1 saturated heterocycles. The van der Waals surface area contributed by atoms with Crippen LogP contribution in [0.2, 0.25) is 0 Å². The molecule has 0 radical (unpaired) electrons. The SMILES string of the molecule is C[C@@H]1COCCN1[C@H]1CC[C@H](Oc2ncnc3sc4c(c23)[C@@H](CC(N)=O)CC4)CC1. The van der Waals surface area contributed by atoms with Gasteiger partial charge in [0, 0.05) is 29.9 Å². The summed E-state index contributed by atoms with van der Waals surface area (Å²) < 4.78 is 12.1. The number of hydrogen-bond acceptors (Lipinski definition) is 7. The Bertz CT molecular complexity index is 924. The van der Waals surface area contributed by atoms with Crippen LogP contribution in [-0.2, 0) is 16.0 Å². The molecule has 7 nitrogen and oxygen atoms in total. The highest BCUT2D eigenvalue weighted by Crippen LogP contribution is 2.47. The van der Waals surface area contributed by atoms with Gasteiger partial charge in [-0.2, -0.15) is 0 Å². The molecule has 2 aromatic heterocycles. The molecule has 8 heteroatoms. The number of primary amides is 1. The van der Waals surface area contributed by atoms with Gasteiger partial charge in [0.1, 0.15) is 17.3 Å². The first-order chi connectivity index (χ1) is 14.6. The Morgan fingerprint density at radius 1 is 1.30 bits per heavy atom. The average Bonchev–Trinajstić information content (AvgIpc) is 3.29. The number of aromatic nitrogens is 2. The second kappa shape index (κ2) is 8.40. The van der Waals surface area contributed by atoms with E-state index in [1.54, 1.807) is 17.7 Å². The summed E-state index contributed by atoms with van der Waals surface area (Å²) in [6.45, 7) is 4.98. The third-order valence-corrected chi connectivity index (χ3v) is 8.13. The van der Waals surface area contributed by atoms with Gasteiger partial charge in [-0.3, -0.25) is 9.69 Å². The summed E-state index contributed by atoms with van der Waals surface area (Å²) in [6.07, 6.45) is 8.50. The van der Waals surface area contributed by atoms with Crippen LogP contribution in [0.15, 0.2) is 6.33 Å². The number of carbonyl (C=O) groups excluding carboxylic acids is 1. The van der Waals surface area contributed by atoms with Gasteiger partial charge in [0.15, 0.2) is 0 Å². The van der Waals surface area contributed by atoms with E-state index in [0.29, 0.717) is 24.4 Å². The number of thiophene rings is 1. The fourth-order valence-corrected chi connectivity index (χ4v) is 6.74. The minimum absolute atomic E-state index is 0.165. The van der Waals surface area contributed by atoms with Crippen LogP contribution in [0.4, 0.5) is 0 Å². The summed E-state index contributed by atoms with van der Waals surface area (Å²) in [6, 6.07) is 1.12. The zero-order valence-electron chi connectivity index (χ0n) is 17.5. The van der Waals surface area contributed by atoms with Gasteiger partial charge in [-0.25, -0.2) is 9.97 Å². The topological polar surface area (TPSA) is 90.6 Å². The van der Waals surface area contributed by atoms with E-state index in [1.165, 1.54) is 10.4 Å². The first kappa shape index (κ1) is 20.2. The Hall–Kier alpha value is -1.77. The van der Waals surface area contributed by atoms with Crippen molar-refractivity contribution in [3.63, 3.8) is 0 Å². The van der Waals surface area contributed by atoms with E-state index in [9.17, 15) is 4.79 Å². The third kappa shape index (κ3) is 3.81. The van der Waals surface area contributed by atoms with Crippen LogP contribution in [0.1, 0.15) is 61.8 Å². The van der Waals surface area contributed by atoms with Crippen LogP contribution < -0.4 is 10.5 Å². The molecule has 1 saturated carbocycles. The van der Waals surface area contributed by atoms with E-state index in [2.05, 4.69) is 21.8 Å². The molecular weight excluding hydrogens is 400 g/mol. The number of amides is 1. The van der Waals surface area contributed by atoms with Crippen LogP contribution in [0.25, 0.3) is 10.2 Å². The minimum Gasteiger partial charge on any atom is -0.474 e. The molecule has 2 aliphatic carbocycles. The Morgan fingerprint density at radius 3 is 2.90 bits per heavy atom. The monoisotopic (exact) mass is 430 g/mol. The molecule has 162 valence electrons. The number of ether oxygens (including phenoxy) is 2. The molecule has 3 aliphatic rings. The lowest BCUT2D eigenvalue weighted by Gasteiger charge is -2.42. The van der Waals surface area contributed by atoms with Crippen molar-refractivity contribution in [2.24, 2.45) is 5.73 Å². The van der Waals surface area contributed by atoms with Crippen molar-refractivity contribution in [2.45, 2.75) is 76.0 Å². The zero-order valence-corrected chi connectivity index (χ0v) is 18.3. The van der Waals surface area contributed by atoms with Gasteiger partial charge in [0.2, 0.25) is 11.8 Å². The van der Waals surface area contributed by atoms with Crippen molar-refractivity contribution in [3.8, 4) is 5.88 Å². The summed E-state index contributed by atoms with van der Waals surface area (Å²) in [4.78, 5) is 25.5. The van der Waals surface area contributed by atoms with Crippen molar-refractivity contribution in [3.05, 3.63) is 16.8 Å². The second-order valence-corrected chi connectivity index (χ2v) is 10.00. The first-order valence-corrected chi connectivity index (χ1v) is 12.0. The van der Waals surface area contributed by atoms with E-state index in [0.717, 1.165) is 68.5 Å². The van der Waals surface area contributed by atoms with Gasteiger partial charge in [0.25, 0.3) is 0 Å². The molecule has 0 unspecified atom stereocenters. The first-order valence-electron chi connectivity index (χ1n) is 11.1. The minimum atomic E-state index is -0.248. The summed E-state index contributed by atoms with van der Waals surface area (Å²) >= 11 is 1.71. The van der Waals surface area contributed by atoms with Crippen molar-refractivity contribution < 1.29 is 14.3 Å². The standard InChI is InChI=1S/C22H30N4O3S/c1-13-11-28-9-8-26(13)15-3-5-16(6-4-15)29-21-20-19-14(10-18(23)27)2-7-17(19)30-22(20)25-12-24-21/h12-16H,2-11H2,1H3,(H2,23,27)/t13-,14-,15-,16-/m1/s1. The maximum Gasteiger partial charge on any atom is 0.225 e. The van der Waals surface area contributed by atoms with Gasteiger partial charge in [-0.05, 0) is 56.9 Å². The number of morpholine rings is 1. The predicted octanol–water partition coefficient (Wildman–Crippen LogP) is 3.01. The average molecular weight is 431 g/mol. The van der Waals surface area contributed by atoms with E-state index >= 15 is 0 Å². The number of aryl methyl sites for hydroxylation is 1. The summed E-state index contributed by atoms with van der Waals surface area (Å²) in [5.41, 5.74) is 6.71. The quantitative estimate of drug-likeness (QED) is 0.784. The van der Waals surface area contributed by atoms with Gasteiger partial charge < -0.3 is 15.2 Å². The Labute approximate surface area is 181 Å². The molecule has 2 aromatic rings. The Morgan fingerprint density at radius 2 is 2.13 bits per heavy atom. The second-order valence-electron chi connectivity index (χ2n) is 8.91. The zero-order chi connectivity index (χ0) is 20.7. The maximum atomic E-state index is 11.6. The van der Waals surface area contributed by atoms with E-state index in [4.69, 9.17) is 15.2 Å². The summed E-state index contributed by atoms with van der Waals surface area (Å²) in [5, 5.41) is 1.02. The molecule has 1 amide bonds. The number of rotatable bonds is 5. The molecule has 2 fully saturated rings. The molecule has 1 aliphatic heterocycles. The summed E-state index contributed by atoms with van der Waals surface area (Å²) in [5.74, 6) is 0.609. The highest BCUT2D eigenvalue weighted by molar-refractivity contribution is 7.19. The van der Waals surface area contributed by atoms with Crippen LogP contribution >= 0.6 is 11.3 Å². The van der Waals surface area contributed by atoms with Crippen molar-refractivity contribution in [1.82, 2.24) is 14.9 Å². The van der Waals surface area contributed by atoms with Gasteiger partial charge in [-0.15, -0.1) is 11.3 Å². The molecule has 2 N–H and O–H groups in total. The fourth-order valence-electron chi connectivity index (χ4n) is 5.51. The number of carbonyl (C=O) groups is 1. The molecular formula is C22H30N4O3S. The third-order valence-electron chi connectivity index (χ3n) is 6.95. The van der Waals surface area contributed by atoms with Gasteiger partial charge >= 0.3 is 0 Å². The lowest BCUT2D eigenvalue weighted by atomic mass is 9.90. The van der Waals surface area contributed by atoms with Gasteiger partial charge in [-0.1, -0.05) is 0 Å². The largest absolute Gasteiger partial charge is 0.474 e. The van der Waals surface area contributed by atoms with Crippen molar-refractivity contribution >= 4 is 27.5 Å². The Kier molecular flexibility index (Phi) is 5.64. The van der Waals surface area contributed by atoms with Crippen LogP contribution in [0.5, 0.6) is 5.88 Å². The number of nitrogens with two attached hydrogens (primary N) is 1. The molecule has 0 bridgehead atoms. The molecule has 30 heavy (non-hydrogen) atoms. The summed E-state index contributed by atoms with van der Waals surface area (Å²) in [7, 11) is 0. The normalized spacial score (nSPS) is 29.8. The van der Waals surface area contributed by atoms with Crippen LogP contribution in [0.3, 0.4) is 0 Å². The fraction of sp³-hybridized carbons (Fsp3) is 0.682. The van der Waals surface area contributed by atoms with Crippen LogP contribution in [0, 0.1) is 0 Å². The predicted molar refractivity (Wildman–Crippen MR) is 116 cm³/mol. The lowest BCUT2D eigenvalue weighted by molar-refractivity contribution is -0.118. The smallest absolute Gasteiger partial charge is 0.225 e. The number of nitrogens with zero attached hydrogens (tertiary/aromatic N) is 3. The van der Waals surface area contributed by atoms with Crippen molar-refractivity contribution in [2.75, 3.05) is 19.8 Å². The molecule has 0 aromatic carbocycles. The van der Waals surface area contributed by atoms with E-state index in [1.807, 2.05) is 0 Å². The molecule has 5 rings (SSSR count). The molecule has 0 spiro atoms. The highest BCUT2D eigenvalue weighted by Gasteiger charge is 2.34. The highest BCUT2D eigenvalue weighted by atomic mass is 32.1. The molecule has 2 atom stereocenters. The lowest BCUT2D eigenvalue weighted by Crippen LogP contribution is -2.51. The molecule has 3 heterocycles. The number of fused-ring (bicyclic) bond motifs is 3. The van der Waals surface area contributed by atoms with Gasteiger partial charge in [0.05, 0.1) is 18.6 Å². The van der Waals surface area contributed by atoms with E-state index < -0.39 is 0 Å². The Balaban J connectivity index is 1.31. The van der Waals surface area contributed by atoms with Crippen LogP contribution in [-0.4, -0.2) is 58.7 Å². The maximum absolute atomic E-state index is 11.6. The van der Waals surface area contributed by atoms with Crippen molar-refractivity contribution in [1.29, 1.82) is 0 Å². The number of hydrogen-bond donors (Lipinski definition) is 1.